The summed E-state index contributed by atoms with van der Waals surface area (Å²) in [4.78, 5) is 11.6. The Bertz CT molecular complexity index is 595. The number of aromatic nitrogens is 1. The molecule has 4 nitrogen and oxygen atoms in total. The van der Waals surface area contributed by atoms with Crippen LogP contribution in [0.5, 0.6) is 5.75 Å². The molecule has 0 spiro atoms. The molecular weight excluding hydrogens is 266 g/mol. The summed E-state index contributed by atoms with van der Waals surface area (Å²) in [6.45, 7) is 11.8. The van der Waals surface area contributed by atoms with Gasteiger partial charge in [0.1, 0.15) is 11.5 Å². The van der Waals surface area contributed by atoms with Gasteiger partial charge in [0.15, 0.2) is 5.78 Å². The first kappa shape index (κ1) is 17.0. The molecule has 1 aromatic heterocycles. The van der Waals surface area contributed by atoms with Crippen LogP contribution in [0.1, 0.15) is 49.5 Å². The van der Waals surface area contributed by atoms with E-state index in [1.54, 1.807) is 13.0 Å². The van der Waals surface area contributed by atoms with Crippen molar-refractivity contribution in [3.8, 4) is 16.9 Å². The Morgan fingerprint density at radius 1 is 1.24 bits per heavy atom. The lowest BCUT2D eigenvalue weighted by atomic mass is 10.00. The summed E-state index contributed by atoms with van der Waals surface area (Å²) in [5.74, 6) is 1.43. The van der Waals surface area contributed by atoms with Gasteiger partial charge in [0.2, 0.25) is 0 Å². The van der Waals surface area contributed by atoms with Crippen molar-refractivity contribution in [1.29, 1.82) is 0 Å². The molecule has 0 N–H and O–H groups in total. The molecule has 4 heteroatoms. The zero-order valence-corrected chi connectivity index (χ0v) is 13.6. The topological polar surface area (TPSA) is 52.3 Å². The average Bonchev–Trinajstić information content (AvgIpc) is 2.80. The molecule has 2 rings (SSSR count). The smallest absolute Gasteiger partial charge is 0.159 e. The number of ketones is 1. The van der Waals surface area contributed by atoms with Crippen molar-refractivity contribution in [2.75, 3.05) is 6.61 Å². The van der Waals surface area contributed by atoms with Gasteiger partial charge in [0, 0.05) is 11.1 Å². The van der Waals surface area contributed by atoms with Crippen molar-refractivity contribution in [2.24, 2.45) is 0 Å². The molecule has 0 aliphatic heterocycles. The molecule has 1 aromatic carbocycles. The summed E-state index contributed by atoms with van der Waals surface area (Å²) < 4.78 is 10.7. The lowest BCUT2D eigenvalue weighted by molar-refractivity contribution is 0.101. The van der Waals surface area contributed by atoms with E-state index in [4.69, 9.17) is 9.26 Å². The van der Waals surface area contributed by atoms with Crippen molar-refractivity contribution in [3.05, 3.63) is 35.2 Å². The van der Waals surface area contributed by atoms with E-state index in [1.807, 2.05) is 46.8 Å². The van der Waals surface area contributed by atoms with Gasteiger partial charge in [-0.1, -0.05) is 19.0 Å². The fraction of sp³-hybridized carbons (Fsp3) is 0.412. The summed E-state index contributed by atoms with van der Waals surface area (Å²) in [5, 5.41) is 3.94. The highest BCUT2D eigenvalue weighted by atomic mass is 16.5. The normalized spacial score (nSPS) is 9.81. The Hall–Kier alpha value is -2.10. The minimum atomic E-state index is 0.00885. The van der Waals surface area contributed by atoms with E-state index in [0.29, 0.717) is 17.9 Å². The molecule has 2 aromatic rings. The molecule has 21 heavy (non-hydrogen) atoms. The third-order valence-electron chi connectivity index (χ3n) is 2.95. The second-order valence-electron chi connectivity index (χ2n) is 4.43. The number of carbonyl (C=O) groups is 1. The van der Waals surface area contributed by atoms with Gasteiger partial charge in [0.25, 0.3) is 0 Å². The summed E-state index contributed by atoms with van der Waals surface area (Å²) >= 11 is 0. The van der Waals surface area contributed by atoms with E-state index in [2.05, 4.69) is 5.16 Å². The largest absolute Gasteiger partial charge is 0.494 e. The molecule has 0 amide bonds. The zero-order chi connectivity index (χ0) is 16.0. The van der Waals surface area contributed by atoms with E-state index in [1.165, 1.54) is 0 Å². The van der Waals surface area contributed by atoms with Crippen LogP contribution in [0.3, 0.4) is 0 Å². The van der Waals surface area contributed by atoms with Crippen molar-refractivity contribution < 1.29 is 14.1 Å². The second kappa shape index (κ2) is 7.62. The first-order valence-corrected chi connectivity index (χ1v) is 7.25. The van der Waals surface area contributed by atoms with Gasteiger partial charge >= 0.3 is 0 Å². The van der Waals surface area contributed by atoms with Crippen LogP contribution in [0.2, 0.25) is 0 Å². The number of rotatable bonds is 4. The Labute approximate surface area is 126 Å². The molecule has 0 unspecified atom stereocenters. The highest BCUT2D eigenvalue weighted by molar-refractivity contribution is 5.96. The summed E-state index contributed by atoms with van der Waals surface area (Å²) in [7, 11) is 0. The van der Waals surface area contributed by atoms with Crippen molar-refractivity contribution in [2.45, 2.75) is 41.5 Å². The number of nitrogens with zero attached hydrogens (tertiary/aromatic N) is 1. The quantitative estimate of drug-likeness (QED) is 0.773. The molecule has 0 atom stereocenters. The maximum Gasteiger partial charge on any atom is 0.159 e. The van der Waals surface area contributed by atoms with Crippen molar-refractivity contribution in [3.63, 3.8) is 0 Å². The lowest BCUT2D eigenvalue weighted by Gasteiger charge is -2.08. The molecule has 0 radical (unpaired) electrons. The Morgan fingerprint density at radius 2 is 1.90 bits per heavy atom. The molecule has 1 heterocycles. The predicted molar refractivity (Wildman–Crippen MR) is 83.9 cm³/mol. The molecule has 0 fully saturated rings. The first-order chi connectivity index (χ1) is 10.0. The first-order valence-electron chi connectivity index (χ1n) is 7.25. The van der Waals surface area contributed by atoms with Gasteiger partial charge in [-0.25, -0.2) is 0 Å². The van der Waals surface area contributed by atoms with Crippen LogP contribution in [0.15, 0.2) is 22.7 Å². The summed E-state index contributed by atoms with van der Waals surface area (Å²) in [5.41, 5.74) is 3.25. The molecule has 0 saturated heterocycles. The standard InChI is InChI=1S/C15H17NO3.C2H6/c1-5-18-14-7-12(10(3)17)6-13(8-14)15-9(2)16-19-11(15)4;1-2/h6-8H,5H2,1-4H3;1-2H3. The minimum Gasteiger partial charge on any atom is -0.494 e. The maximum atomic E-state index is 11.6. The molecule has 0 aliphatic carbocycles. The Kier molecular flexibility index (Phi) is 6.15. The molecule has 114 valence electrons. The monoisotopic (exact) mass is 289 g/mol. The predicted octanol–water partition coefficient (Wildman–Crippen LogP) is 4.59. The number of Topliss-reactive ketones (excluding diaryl/α,β-unsaturated/α-hetero) is 1. The van der Waals surface area contributed by atoms with Crippen LogP contribution in [-0.2, 0) is 0 Å². The molecule has 0 bridgehead atoms. The number of carbonyl (C=O) groups excluding carboxylic acids is 1. The third kappa shape index (κ3) is 3.94. The fourth-order valence-corrected chi connectivity index (χ4v) is 2.09. The van der Waals surface area contributed by atoms with E-state index in [-0.39, 0.29) is 5.78 Å². The summed E-state index contributed by atoms with van der Waals surface area (Å²) in [6, 6.07) is 5.51. The average molecular weight is 289 g/mol. The van der Waals surface area contributed by atoms with Gasteiger partial charge in [-0.3, -0.25) is 4.79 Å². The van der Waals surface area contributed by atoms with Gasteiger partial charge in [0.05, 0.1) is 12.3 Å². The van der Waals surface area contributed by atoms with Crippen LogP contribution >= 0.6 is 0 Å². The minimum absolute atomic E-state index is 0.00885. The van der Waals surface area contributed by atoms with Crippen LogP contribution < -0.4 is 4.74 Å². The number of ether oxygens (including phenoxy) is 1. The van der Waals surface area contributed by atoms with Crippen molar-refractivity contribution in [1.82, 2.24) is 5.16 Å². The van der Waals surface area contributed by atoms with Crippen LogP contribution in [0.25, 0.3) is 11.1 Å². The van der Waals surface area contributed by atoms with Gasteiger partial charge in [-0.05, 0) is 51.5 Å². The Balaban J connectivity index is 0.00000106. The number of benzene rings is 1. The molecule has 0 aliphatic rings. The number of aryl methyl sites for hydroxylation is 2. The van der Waals surface area contributed by atoms with E-state index < -0.39 is 0 Å². The zero-order valence-electron chi connectivity index (χ0n) is 13.6. The molecular formula is C17H23NO3. The van der Waals surface area contributed by atoms with Gasteiger partial charge in [-0.15, -0.1) is 0 Å². The highest BCUT2D eigenvalue weighted by Gasteiger charge is 2.14. The number of hydrogen-bond donors (Lipinski definition) is 0. The molecule has 0 saturated carbocycles. The van der Waals surface area contributed by atoms with Gasteiger partial charge < -0.3 is 9.26 Å². The lowest BCUT2D eigenvalue weighted by Crippen LogP contribution is -1.98. The highest BCUT2D eigenvalue weighted by Crippen LogP contribution is 2.31. The van der Waals surface area contributed by atoms with Crippen LogP contribution in [0.4, 0.5) is 0 Å². The van der Waals surface area contributed by atoms with E-state index in [9.17, 15) is 4.79 Å². The second-order valence-corrected chi connectivity index (χ2v) is 4.43. The third-order valence-corrected chi connectivity index (χ3v) is 2.95. The van der Waals surface area contributed by atoms with Gasteiger partial charge in [-0.2, -0.15) is 0 Å². The van der Waals surface area contributed by atoms with E-state index in [0.717, 1.165) is 22.6 Å². The van der Waals surface area contributed by atoms with Crippen LogP contribution in [-0.4, -0.2) is 17.5 Å². The van der Waals surface area contributed by atoms with Crippen molar-refractivity contribution >= 4 is 5.78 Å². The summed E-state index contributed by atoms with van der Waals surface area (Å²) in [6.07, 6.45) is 0. The SMILES string of the molecule is CC.CCOc1cc(C(C)=O)cc(-c2c(C)noc2C)c1. The van der Waals surface area contributed by atoms with Crippen LogP contribution in [0, 0.1) is 13.8 Å². The van der Waals surface area contributed by atoms with E-state index >= 15 is 0 Å². The Morgan fingerprint density at radius 3 is 2.38 bits per heavy atom. The fourth-order valence-electron chi connectivity index (χ4n) is 2.09. The number of hydrogen-bond acceptors (Lipinski definition) is 4. The maximum absolute atomic E-state index is 11.6.